The molecule has 0 N–H and O–H groups in total. The van der Waals surface area contributed by atoms with Gasteiger partial charge >= 0.3 is 5.97 Å². The van der Waals surface area contributed by atoms with E-state index in [1.54, 1.807) is 0 Å². The smallest absolute Gasteiger partial charge is 0.309 e. The SMILES string of the molecule is CC(C)OC(=O)C1C2CCCC21. The van der Waals surface area contributed by atoms with Crippen LogP contribution in [0.2, 0.25) is 0 Å². The van der Waals surface area contributed by atoms with E-state index >= 15 is 0 Å². The summed E-state index contributed by atoms with van der Waals surface area (Å²) < 4.78 is 5.17. The molecule has 0 saturated heterocycles. The van der Waals surface area contributed by atoms with Gasteiger partial charge in [0.2, 0.25) is 0 Å². The molecule has 2 fully saturated rings. The van der Waals surface area contributed by atoms with Gasteiger partial charge in [0.25, 0.3) is 0 Å². The van der Waals surface area contributed by atoms with Crippen molar-refractivity contribution >= 4 is 5.97 Å². The van der Waals surface area contributed by atoms with Crippen LogP contribution in [-0.4, -0.2) is 12.1 Å². The van der Waals surface area contributed by atoms with Gasteiger partial charge in [-0.05, 0) is 38.5 Å². The minimum Gasteiger partial charge on any atom is -0.463 e. The Morgan fingerprint density at radius 1 is 1.33 bits per heavy atom. The van der Waals surface area contributed by atoms with E-state index in [9.17, 15) is 4.79 Å². The zero-order valence-corrected chi connectivity index (χ0v) is 7.75. The van der Waals surface area contributed by atoms with Crippen molar-refractivity contribution in [3.63, 3.8) is 0 Å². The molecule has 68 valence electrons. The molecule has 0 heterocycles. The number of ether oxygens (including phenoxy) is 1. The lowest BCUT2D eigenvalue weighted by Crippen LogP contribution is -2.15. The van der Waals surface area contributed by atoms with Crippen LogP contribution in [0, 0.1) is 17.8 Å². The highest BCUT2D eigenvalue weighted by atomic mass is 16.5. The Labute approximate surface area is 73.3 Å². The van der Waals surface area contributed by atoms with Gasteiger partial charge in [-0.25, -0.2) is 0 Å². The molecule has 0 aliphatic heterocycles. The van der Waals surface area contributed by atoms with E-state index in [0.29, 0.717) is 11.8 Å². The van der Waals surface area contributed by atoms with Crippen LogP contribution >= 0.6 is 0 Å². The van der Waals surface area contributed by atoms with E-state index in [1.807, 2.05) is 13.8 Å². The number of fused-ring (bicyclic) bond motifs is 1. The monoisotopic (exact) mass is 168 g/mol. The van der Waals surface area contributed by atoms with Gasteiger partial charge in [-0.1, -0.05) is 6.42 Å². The molecular formula is C10H16O2. The third-order valence-electron chi connectivity index (χ3n) is 3.03. The van der Waals surface area contributed by atoms with Crippen LogP contribution in [0.4, 0.5) is 0 Å². The Kier molecular flexibility index (Phi) is 1.85. The van der Waals surface area contributed by atoms with Crippen molar-refractivity contribution in [1.82, 2.24) is 0 Å². The zero-order valence-electron chi connectivity index (χ0n) is 7.75. The third kappa shape index (κ3) is 1.23. The van der Waals surface area contributed by atoms with E-state index in [1.165, 1.54) is 19.3 Å². The van der Waals surface area contributed by atoms with Crippen LogP contribution in [0.5, 0.6) is 0 Å². The van der Waals surface area contributed by atoms with Gasteiger partial charge in [0.1, 0.15) is 0 Å². The van der Waals surface area contributed by atoms with E-state index in [2.05, 4.69) is 0 Å². The van der Waals surface area contributed by atoms with E-state index in [0.717, 1.165) is 0 Å². The van der Waals surface area contributed by atoms with Gasteiger partial charge in [0, 0.05) is 0 Å². The molecule has 2 atom stereocenters. The first-order valence-corrected chi connectivity index (χ1v) is 4.90. The van der Waals surface area contributed by atoms with Crippen molar-refractivity contribution in [3.8, 4) is 0 Å². The first-order chi connectivity index (χ1) is 5.70. The van der Waals surface area contributed by atoms with Crippen molar-refractivity contribution in [2.75, 3.05) is 0 Å². The van der Waals surface area contributed by atoms with Crippen LogP contribution in [0.3, 0.4) is 0 Å². The number of rotatable bonds is 2. The fraction of sp³-hybridized carbons (Fsp3) is 0.900. The molecule has 2 heteroatoms. The second kappa shape index (κ2) is 2.75. The highest BCUT2D eigenvalue weighted by Crippen LogP contribution is 2.57. The van der Waals surface area contributed by atoms with E-state index < -0.39 is 0 Å². The molecule has 0 aromatic heterocycles. The standard InChI is InChI=1S/C10H16O2/c1-6(2)12-10(11)9-7-4-3-5-8(7)9/h6-9H,3-5H2,1-2H3. The highest BCUT2D eigenvalue weighted by molar-refractivity contribution is 5.76. The van der Waals surface area contributed by atoms with Crippen molar-refractivity contribution in [1.29, 1.82) is 0 Å². The number of carbonyl (C=O) groups excluding carboxylic acids is 1. The van der Waals surface area contributed by atoms with Crippen LogP contribution in [0.1, 0.15) is 33.1 Å². The van der Waals surface area contributed by atoms with Crippen LogP contribution in [0.25, 0.3) is 0 Å². The summed E-state index contributed by atoms with van der Waals surface area (Å²) in [4.78, 5) is 11.4. The average Bonchev–Trinajstić information content (AvgIpc) is 2.45. The van der Waals surface area contributed by atoms with Crippen molar-refractivity contribution in [2.45, 2.75) is 39.2 Å². The summed E-state index contributed by atoms with van der Waals surface area (Å²) in [5.41, 5.74) is 0. The molecule has 0 bridgehead atoms. The minimum absolute atomic E-state index is 0.0545. The summed E-state index contributed by atoms with van der Waals surface area (Å²) in [5, 5.41) is 0. The van der Waals surface area contributed by atoms with Crippen LogP contribution in [0.15, 0.2) is 0 Å². The Balaban J connectivity index is 1.84. The molecule has 2 aliphatic rings. The zero-order chi connectivity index (χ0) is 8.72. The maximum atomic E-state index is 11.4. The fourth-order valence-corrected chi connectivity index (χ4v) is 2.48. The highest BCUT2D eigenvalue weighted by Gasteiger charge is 2.57. The molecule has 12 heavy (non-hydrogen) atoms. The van der Waals surface area contributed by atoms with Gasteiger partial charge < -0.3 is 4.74 Å². The molecule has 2 saturated carbocycles. The molecule has 0 radical (unpaired) electrons. The summed E-state index contributed by atoms with van der Waals surface area (Å²) in [6, 6.07) is 0. The number of hydrogen-bond donors (Lipinski definition) is 0. The molecule has 2 aliphatic carbocycles. The Bertz CT molecular complexity index is 188. The summed E-state index contributed by atoms with van der Waals surface area (Å²) in [7, 11) is 0. The Hall–Kier alpha value is -0.530. The molecule has 0 amide bonds. The lowest BCUT2D eigenvalue weighted by atomic mass is 10.1. The van der Waals surface area contributed by atoms with Crippen molar-refractivity contribution < 1.29 is 9.53 Å². The molecule has 2 rings (SSSR count). The van der Waals surface area contributed by atoms with E-state index in [4.69, 9.17) is 4.74 Å². The van der Waals surface area contributed by atoms with Gasteiger partial charge in [-0.15, -0.1) is 0 Å². The summed E-state index contributed by atoms with van der Waals surface area (Å²) >= 11 is 0. The maximum Gasteiger partial charge on any atom is 0.309 e. The molecule has 0 aromatic rings. The van der Waals surface area contributed by atoms with E-state index in [-0.39, 0.29) is 18.0 Å². The molecule has 2 nitrogen and oxygen atoms in total. The topological polar surface area (TPSA) is 26.3 Å². The van der Waals surface area contributed by atoms with Crippen molar-refractivity contribution in [3.05, 3.63) is 0 Å². The summed E-state index contributed by atoms with van der Waals surface area (Å²) in [6.07, 6.45) is 3.88. The molecular weight excluding hydrogens is 152 g/mol. The summed E-state index contributed by atoms with van der Waals surface area (Å²) in [5.74, 6) is 1.72. The number of hydrogen-bond acceptors (Lipinski definition) is 2. The normalized spacial score (nSPS) is 38.1. The first-order valence-electron chi connectivity index (χ1n) is 4.90. The lowest BCUT2D eigenvalue weighted by molar-refractivity contribution is -0.149. The second-order valence-corrected chi connectivity index (χ2v) is 4.27. The molecule has 2 unspecified atom stereocenters. The van der Waals surface area contributed by atoms with Crippen LogP contribution < -0.4 is 0 Å². The summed E-state index contributed by atoms with van der Waals surface area (Å²) in [6.45, 7) is 3.83. The quantitative estimate of drug-likeness (QED) is 0.589. The van der Waals surface area contributed by atoms with Crippen LogP contribution in [-0.2, 0) is 9.53 Å². The van der Waals surface area contributed by atoms with Gasteiger partial charge in [-0.3, -0.25) is 4.79 Å². The lowest BCUT2D eigenvalue weighted by Gasteiger charge is -2.08. The van der Waals surface area contributed by atoms with Gasteiger partial charge in [0.05, 0.1) is 12.0 Å². The van der Waals surface area contributed by atoms with Gasteiger partial charge in [-0.2, -0.15) is 0 Å². The number of carbonyl (C=O) groups is 1. The third-order valence-corrected chi connectivity index (χ3v) is 3.03. The fourth-order valence-electron chi connectivity index (χ4n) is 2.48. The predicted molar refractivity (Wildman–Crippen MR) is 45.5 cm³/mol. The number of esters is 1. The minimum atomic E-state index is 0.0545. The maximum absolute atomic E-state index is 11.4. The first kappa shape index (κ1) is 8.09. The van der Waals surface area contributed by atoms with Crippen molar-refractivity contribution in [2.24, 2.45) is 17.8 Å². The molecule has 0 aromatic carbocycles. The van der Waals surface area contributed by atoms with Gasteiger partial charge in [0.15, 0.2) is 0 Å². The largest absolute Gasteiger partial charge is 0.463 e. The predicted octanol–water partition coefficient (Wildman–Crippen LogP) is 1.98. The molecule has 0 spiro atoms. The second-order valence-electron chi connectivity index (χ2n) is 4.27. The average molecular weight is 168 g/mol. The Morgan fingerprint density at radius 3 is 2.42 bits per heavy atom. The Morgan fingerprint density at radius 2 is 1.92 bits per heavy atom.